The Hall–Kier alpha value is -7.05. The smallest absolute Gasteiger partial charge is 0.326 e. The molecular weight excluding hydrogens is 851 g/mol. The summed E-state index contributed by atoms with van der Waals surface area (Å²) in [7, 11) is 0. The molecule has 0 aliphatic carbocycles. The minimum Gasteiger partial charge on any atom is -0.480 e. The Morgan fingerprint density at radius 1 is 0.769 bits per heavy atom. The summed E-state index contributed by atoms with van der Waals surface area (Å²) < 4.78 is 0. The molecule has 0 radical (unpaired) electrons. The number of guanidine groups is 2. The third kappa shape index (κ3) is 21.3. The molecule has 1 aromatic carbocycles. The average Bonchev–Trinajstić information content (AvgIpc) is 3.24. The summed E-state index contributed by atoms with van der Waals surface area (Å²) >= 11 is 0. The second-order valence-corrected chi connectivity index (χ2v) is 15.3. The summed E-state index contributed by atoms with van der Waals surface area (Å²) in [6.07, 6.45) is -0.519. The van der Waals surface area contributed by atoms with Crippen molar-refractivity contribution in [2.45, 2.75) is 120 Å². The lowest BCUT2D eigenvalue weighted by atomic mass is 10.0. The van der Waals surface area contributed by atoms with Crippen molar-refractivity contribution < 1.29 is 48.3 Å². The molecule has 0 aromatic heterocycles. The SMILES string of the molecule is CC(=O)NC(CCCN=C(N)N)C(=O)NC1CCC(=O)NCCCC(C(=O)O)NC(=O)[C@H](C)NC(=O)[C@H](CCCN=C(N)N)NC(=O)C(Cc2ccccc2)NC(=O)[C@H](CCN)NC1=O. The lowest BCUT2D eigenvalue weighted by Gasteiger charge is -2.27. The number of carboxylic acid groups (broad SMARTS) is 1. The quantitative estimate of drug-likeness (QED) is 0.0419. The van der Waals surface area contributed by atoms with Gasteiger partial charge in [-0.3, -0.25) is 48.3 Å². The molecule has 0 bridgehead atoms. The van der Waals surface area contributed by atoms with Crippen LogP contribution in [0.5, 0.6) is 0 Å². The Balaban J connectivity index is 2.59. The van der Waals surface area contributed by atoms with Crippen LogP contribution in [0.2, 0.25) is 0 Å². The van der Waals surface area contributed by atoms with E-state index in [1.165, 1.54) is 13.8 Å². The summed E-state index contributed by atoms with van der Waals surface area (Å²) in [5.74, 6) is -7.96. The number of amides is 8. The number of benzene rings is 1. The number of carbonyl (C=O) groups is 9. The van der Waals surface area contributed by atoms with Gasteiger partial charge in [0, 0.05) is 39.4 Å². The number of aliphatic imine (C=N–C) groups is 2. The van der Waals surface area contributed by atoms with Crippen LogP contribution in [0.15, 0.2) is 40.3 Å². The van der Waals surface area contributed by atoms with E-state index in [4.69, 9.17) is 28.7 Å². The van der Waals surface area contributed by atoms with E-state index in [0.717, 1.165) is 0 Å². The van der Waals surface area contributed by atoms with Gasteiger partial charge in [0.2, 0.25) is 47.3 Å². The lowest BCUT2D eigenvalue weighted by Crippen LogP contribution is -2.60. The highest BCUT2D eigenvalue weighted by Gasteiger charge is 2.34. The van der Waals surface area contributed by atoms with Crippen LogP contribution in [0.3, 0.4) is 0 Å². The third-order valence-corrected chi connectivity index (χ3v) is 9.87. The molecule has 0 spiro atoms. The fourth-order valence-corrected chi connectivity index (χ4v) is 6.47. The van der Waals surface area contributed by atoms with E-state index >= 15 is 0 Å². The maximum Gasteiger partial charge on any atom is 0.326 e. The van der Waals surface area contributed by atoms with E-state index in [1.807, 2.05) is 0 Å². The molecule has 2 rings (SSSR count). The molecule has 1 aliphatic heterocycles. The number of rotatable bonds is 16. The van der Waals surface area contributed by atoms with Crippen LogP contribution in [-0.2, 0) is 49.6 Å². The highest BCUT2D eigenvalue weighted by molar-refractivity contribution is 5.97. The fourth-order valence-electron chi connectivity index (χ4n) is 6.47. The van der Waals surface area contributed by atoms with Crippen molar-refractivity contribution in [1.29, 1.82) is 0 Å². The van der Waals surface area contributed by atoms with Gasteiger partial charge in [-0.15, -0.1) is 0 Å². The van der Waals surface area contributed by atoms with Crippen LogP contribution >= 0.6 is 0 Å². The first-order chi connectivity index (χ1) is 30.8. The molecule has 4 unspecified atom stereocenters. The second-order valence-electron chi connectivity index (χ2n) is 15.3. The van der Waals surface area contributed by atoms with E-state index < -0.39 is 95.5 Å². The Kier molecular flexibility index (Phi) is 23.8. The number of hydrogen-bond acceptors (Lipinski definition) is 12. The van der Waals surface area contributed by atoms with Crippen LogP contribution in [0.4, 0.5) is 0 Å². The van der Waals surface area contributed by atoms with Gasteiger partial charge in [0.25, 0.3) is 0 Å². The second kappa shape index (κ2) is 28.6. The number of nitrogens with two attached hydrogens (primary N) is 5. The zero-order valence-corrected chi connectivity index (χ0v) is 36.7. The maximum absolute atomic E-state index is 14.1. The van der Waals surface area contributed by atoms with E-state index in [2.05, 4.69) is 52.5 Å². The van der Waals surface area contributed by atoms with Gasteiger partial charge in [0.1, 0.15) is 42.3 Å². The van der Waals surface area contributed by atoms with Crippen molar-refractivity contribution in [2.75, 3.05) is 26.2 Å². The van der Waals surface area contributed by atoms with E-state index in [-0.39, 0.29) is 102 Å². The number of carbonyl (C=O) groups excluding carboxylic acids is 8. The molecule has 0 saturated carbocycles. The first-order valence-electron chi connectivity index (χ1n) is 21.2. The summed E-state index contributed by atoms with van der Waals surface area (Å²) in [5.41, 5.74) is 28.2. The first kappa shape index (κ1) is 54.1. The van der Waals surface area contributed by atoms with E-state index in [0.29, 0.717) is 5.56 Å². The standard InChI is InChI=1S/C40H65N15O10/c1-22-32(58)54-29(38(64)65)13-8-18-46-31(57)15-14-27(52-34(60)25(50-23(2)56)11-6-19-47-39(42)43)35(61)53-28(16-17-41)36(62)55-30(21-24-9-4-3-5-10-24)37(63)51-26(33(59)49-22)12-7-20-48-40(44)45/h3-5,9-10,22,25-30H,6-8,11-21,41H2,1-2H3,(H,46,57)(H,49,59)(H,50,56)(H,51,63)(H,52,60)(H,53,61)(H,54,58)(H,55,62)(H,64,65)(H4,42,43,47)(H4,44,45,48)/t22-,25?,26-,27?,28-,29?,30?/m0/s1. The van der Waals surface area contributed by atoms with E-state index in [9.17, 15) is 48.3 Å². The van der Waals surface area contributed by atoms with Gasteiger partial charge in [0.05, 0.1) is 0 Å². The molecule has 8 amide bonds. The molecule has 7 atom stereocenters. The highest BCUT2D eigenvalue weighted by atomic mass is 16.4. The Labute approximate surface area is 376 Å². The van der Waals surface area contributed by atoms with Crippen molar-refractivity contribution in [2.24, 2.45) is 38.7 Å². The van der Waals surface area contributed by atoms with Crippen molar-refractivity contribution in [1.82, 2.24) is 42.5 Å². The Morgan fingerprint density at radius 3 is 1.97 bits per heavy atom. The largest absolute Gasteiger partial charge is 0.480 e. The zero-order chi connectivity index (χ0) is 48.5. The molecule has 1 heterocycles. The number of hydrogen-bond donors (Lipinski definition) is 14. The number of aliphatic carboxylic acids is 1. The Morgan fingerprint density at radius 2 is 1.35 bits per heavy atom. The number of nitrogens with zero attached hydrogens (tertiary/aromatic N) is 2. The molecule has 1 aliphatic rings. The van der Waals surface area contributed by atoms with Crippen molar-refractivity contribution >= 4 is 65.1 Å². The molecule has 1 aromatic rings. The van der Waals surface area contributed by atoms with Gasteiger partial charge in [-0.25, -0.2) is 4.79 Å². The first-order valence-corrected chi connectivity index (χ1v) is 21.2. The van der Waals surface area contributed by atoms with Gasteiger partial charge < -0.3 is 76.3 Å². The van der Waals surface area contributed by atoms with Gasteiger partial charge in [-0.1, -0.05) is 30.3 Å². The predicted molar refractivity (Wildman–Crippen MR) is 238 cm³/mol. The molecule has 19 N–H and O–H groups in total. The normalized spacial score (nSPS) is 22.4. The molecule has 1 fully saturated rings. The van der Waals surface area contributed by atoms with Crippen LogP contribution in [0.1, 0.15) is 77.2 Å². The fraction of sp³-hybridized carbons (Fsp3) is 0.575. The third-order valence-electron chi connectivity index (χ3n) is 9.87. The van der Waals surface area contributed by atoms with Crippen molar-refractivity contribution in [3.8, 4) is 0 Å². The molecule has 25 heteroatoms. The highest BCUT2D eigenvalue weighted by Crippen LogP contribution is 2.10. The zero-order valence-electron chi connectivity index (χ0n) is 36.7. The van der Waals surface area contributed by atoms with Crippen LogP contribution in [0, 0.1) is 0 Å². The maximum atomic E-state index is 14.1. The summed E-state index contributed by atoms with van der Waals surface area (Å²) in [6, 6.07) is -0.848. The predicted octanol–water partition coefficient (Wildman–Crippen LogP) is -5.11. The summed E-state index contributed by atoms with van der Waals surface area (Å²) in [6.45, 7) is 2.54. The number of nitrogens with one attached hydrogen (secondary N) is 8. The van der Waals surface area contributed by atoms with Crippen molar-refractivity contribution in [3.05, 3.63) is 35.9 Å². The van der Waals surface area contributed by atoms with Crippen LogP contribution in [0.25, 0.3) is 0 Å². The Bertz CT molecular complexity index is 1860. The van der Waals surface area contributed by atoms with E-state index in [1.54, 1.807) is 30.3 Å². The van der Waals surface area contributed by atoms with Crippen molar-refractivity contribution in [3.63, 3.8) is 0 Å². The van der Waals surface area contributed by atoms with Gasteiger partial charge in [-0.2, -0.15) is 0 Å². The lowest BCUT2D eigenvalue weighted by molar-refractivity contribution is -0.142. The van der Waals surface area contributed by atoms with Gasteiger partial charge >= 0.3 is 5.97 Å². The molecular formula is C40H65N15O10. The summed E-state index contributed by atoms with van der Waals surface area (Å²) in [5, 5.41) is 30.3. The molecule has 65 heavy (non-hydrogen) atoms. The van der Waals surface area contributed by atoms with Gasteiger partial charge in [0.15, 0.2) is 11.9 Å². The topological polar surface area (TPSA) is 425 Å². The average molecular weight is 916 g/mol. The molecule has 1 saturated heterocycles. The minimum atomic E-state index is -1.47. The number of carboxylic acids is 1. The molecule has 360 valence electrons. The minimum absolute atomic E-state index is 0.0431. The van der Waals surface area contributed by atoms with Gasteiger partial charge in [-0.05, 0) is 70.4 Å². The molecule has 25 nitrogen and oxygen atoms in total. The van der Waals surface area contributed by atoms with Crippen LogP contribution < -0.4 is 71.2 Å². The summed E-state index contributed by atoms with van der Waals surface area (Å²) in [4.78, 5) is 128. The monoisotopic (exact) mass is 916 g/mol. The van der Waals surface area contributed by atoms with Crippen LogP contribution in [-0.4, -0.2) is 139 Å².